The Balaban J connectivity index is 1.55. The van der Waals surface area contributed by atoms with Gasteiger partial charge in [0.05, 0.1) is 29.8 Å². The monoisotopic (exact) mass is 578 g/mol. The highest BCUT2D eigenvalue weighted by Crippen LogP contribution is 2.42. The largest absolute Gasteiger partial charge is 0.411 e. The highest BCUT2D eigenvalue weighted by atomic mass is 35.5. The first kappa shape index (κ1) is 27.6. The number of hydrogen-bond donors (Lipinski definition) is 2. The number of amides is 1. The van der Waals surface area contributed by atoms with E-state index in [9.17, 15) is 4.79 Å². The van der Waals surface area contributed by atoms with Crippen molar-refractivity contribution in [1.29, 1.82) is 5.41 Å². The molecule has 0 bridgehead atoms. The molecule has 0 aromatic carbocycles. The Morgan fingerprint density at radius 2 is 2.00 bits per heavy atom. The van der Waals surface area contributed by atoms with E-state index in [1.165, 1.54) is 19.0 Å². The van der Waals surface area contributed by atoms with Gasteiger partial charge in [-0.3, -0.25) is 15.0 Å². The van der Waals surface area contributed by atoms with Crippen molar-refractivity contribution >= 4 is 46.9 Å². The van der Waals surface area contributed by atoms with Gasteiger partial charge in [0.15, 0.2) is 5.65 Å². The van der Waals surface area contributed by atoms with Crippen molar-refractivity contribution in [3.63, 3.8) is 0 Å². The summed E-state index contributed by atoms with van der Waals surface area (Å²) in [5.74, 6) is 1.18. The molecule has 41 heavy (non-hydrogen) atoms. The Bertz CT molecular complexity index is 1490. The van der Waals surface area contributed by atoms with Crippen molar-refractivity contribution in [3.05, 3.63) is 35.9 Å². The van der Waals surface area contributed by atoms with Gasteiger partial charge in [0.25, 0.3) is 5.90 Å². The summed E-state index contributed by atoms with van der Waals surface area (Å²) < 4.78 is 13.3. The molecular weight excluding hydrogens is 544 g/mol. The smallest absolute Gasteiger partial charge is 0.388 e. The van der Waals surface area contributed by atoms with Gasteiger partial charge in [0, 0.05) is 24.2 Å². The van der Waals surface area contributed by atoms with E-state index in [1.807, 2.05) is 4.57 Å². The van der Waals surface area contributed by atoms with Gasteiger partial charge in [-0.15, -0.1) is 0 Å². The van der Waals surface area contributed by atoms with Crippen molar-refractivity contribution in [2.45, 2.75) is 76.5 Å². The molecule has 5 atom stereocenters. The van der Waals surface area contributed by atoms with Crippen LogP contribution in [0.4, 0.5) is 10.7 Å². The van der Waals surface area contributed by atoms with Crippen LogP contribution in [-0.4, -0.2) is 61.3 Å². The minimum Gasteiger partial charge on any atom is -0.388 e. The van der Waals surface area contributed by atoms with Crippen molar-refractivity contribution in [3.8, 4) is 11.3 Å². The van der Waals surface area contributed by atoms with Crippen LogP contribution in [0.3, 0.4) is 0 Å². The zero-order valence-electron chi connectivity index (χ0n) is 23.1. The van der Waals surface area contributed by atoms with E-state index in [2.05, 4.69) is 33.4 Å². The minimum absolute atomic E-state index is 0.123. The molecule has 6 rings (SSSR count). The van der Waals surface area contributed by atoms with E-state index in [1.54, 1.807) is 18.5 Å². The van der Waals surface area contributed by atoms with Crippen molar-refractivity contribution in [1.82, 2.24) is 24.5 Å². The van der Waals surface area contributed by atoms with Gasteiger partial charge in [-0.25, -0.2) is 14.8 Å². The van der Waals surface area contributed by atoms with Crippen LogP contribution in [0.15, 0.2) is 25.0 Å². The maximum atomic E-state index is 11.4. The van der Waals surface area contributed by atoms with E-state index in [-0.39, 0.29) is 24.0 Å². The highest BCUT2D eigenvalue weighted by molar-refractivity contribution is 6.30. The molecule has 0 radical (unpaired) electrons. The molecule has 11 nitrogen and oxygen atoms in total. The second kappa shape index (κ2) is 11.4. The van der Waals surface area contributed by atoms with Crippen molar-refractivity contribution in [2.75, 3.05) is 11.5 Å². The molecule has 3 aromatic rings. The van der Waals surface area contributed by atoms with E-state index < -0.39 is 12.0 Å². The zero-order chi connectivity index (χ0) is 28.7. The predicted octanol–water partition coefficient (Wildman–Crippen LogP) is 5.41. The lowest BCUT2D eigenvalue weighted by molar-refractivity contribution is -0.0430. The fraction of sp³-hybridized carbons (Fsp3) is 0.517. The normalized spacial score (nSPS) is 26.4. The number of primary amides is 1. The molecular formula is C29H35ClN8O3. The Labute approximate surface area is 243 Å². The summed E-state index contributed by atoms with van der Waals surface area (Å²) in [7, 11) is 0. The fourth-order valence-corrected chi connectivity index (χ4v) is 7.14. The number of carbonyl (C=O) groups is 1. The summed E-state index contributed by atoms with van der Waals surface area (Å²) in [5, 5.41) is 8.70. The third-order valence-electron chi connectivity index (χ3n) is 8.71. The molecule has 1 aliphatic heterocycles. The molecule has 1 amide bonds. The first-order chi connectivity index (χ1) is 19.8. The van der Waals surface area contributed by atoms with Gasteiger partial charge in [-0.05, 0) is 43.6 Å². The Morgan fingerprint density at radius 1 is 1.17 bits per heavy atom. The van der Waals surface area contributed by atoms with Crippen LogP contribution >= 0.6 is 11.6 Å². The number of carbonyl (C=O) groups excluding carboxylic acids is 1. The number of nitrogens with one attached hydrogen (secondary N) is 1. The number of hydrogen-bond acceptors (Lipinski definition) is 9. The van der Waals surface area contributed by atoms with Gasteiger partial charge in [-0.2, -0.15) is 4.98 Å². The first-order valence-electron chi connectivity index (χ1n) is 14.3. The molecule has 4 heterocycles. The number of ether oxygens (including phenoxy) is 2. The lowest BCUT2D eigenvalue weighted by atomic mass is 9.76. The van der Waals surface area contributed by atoms with E-state index in [4.69, 9.17) is 37.2 Å². The highest BCUT2D eigenvalue weighted by Gasteiger charge is 2.45. The molecule has 5 unspecified atom stereocenters. The molecule has 12 heteroatoms. The number of aromatic nitrogens is 5. The average Bonchev–Trinajstić information content (AvgIpc) is 3.34. The average molecular weight is 579 g/mol. The number of anilines is 1. The molecule has 216 valence electrons. The molecule has 2 saturated carbocycles. The van der Waals surface area contributed by atoms with Crippen LogP contribution in [0.25, 0.3) is 28.6 Å². The van der Waals surface area contributed by atoms with E-state index in [0.717, 1.165) is 44.5 Å². The van der Waals surface area contributed by atoms with Crippen LogP contribution in [0, 0.1) is 17.2 Å². The second-order valence-electron chi connectivity index (χ2n) is 11.4. The first-order valence-corrected chi connectivity index (χ1v) is 14.7. The van der Waals surface area contributed by atoms with Crippen LogP contribution in [-0.2, 0) is 9.47 Å². The van der Waals surface area contributed by atoms with Gasteiger partial charge >= 0.3 is 6.09 Å². The molecule has 3 aliphatic rings. The number of halogens is 1. The summed E-state index contributed by atoms with van der Waals surface area (Å²) >= 11 is 6.31. The maximum absolute atomic E-state index is 11.4. The number of imidazole rings is 1. The Kier molecular flexibility index (Phi) is 7.65. The SMILES string of the molecule is C=Cn1c(N2C(C3CCCC(C)C3)COC3CCCCC32)nc2nc(C(=N)OC(N)=O)nc(-c3cncc(Cl)c3)c21. The molecule has 0 spiro atoms. The molecule has 3 N–H and O–H groups in total. The van der Waals surface area contributed by atoms with Crippen LogP contribution in [0.1, 0.15) is 64.1 Å². The minimum atomic E-state index is -1.12. The standard InChI is InChI=1S/C29H35ClN8O3/c1-3-37-24-23(18-12-19(30)14-33-13-18)34-27(25(31)41-28(32)39)35-26(24)36-29(37)38-20-9-4-5-10-22(20)40-15-21(38)17-8-6-7-16(2)11-17/h3,12-14,16-17,20-22,31H,1,4-11,15H2,2H3,(H2,32,39). The number of rotatable bonds is 5. The Morgan fingerprint density at radius 3 is 2.76 bits per heavy atom. The fourth-order valence-electron chi connectivity index (χ4n) is 6.97. The third-order valence-corrected chi connectivity index (χ3v) is 8.92. The number of pyridine rings is 1. The maximum Gasteiger partial charge on any atom is 0.411 e. The van der Waals surface area contributed by atoms with Crippen LogP contribution in [0.5, 0.6) is 0 Å². The van der Waals surface area contributed by atoms with E-state index in [0.29, 0.717) is 45.9 Å². The molecule has 1 saturated heterocycles. The predicted molar refractivity (Wildman–Crippen MR) is 157 cm³/mol. The number of morpholine rings is 1. The van der Waals surface area contributed by atoms with Gasteiger partial charge in [0.1, 0.15) is 11.2 Å². The molecule has 3 aromatic heterocycles. The molecule has 2 aliphatic carbocycles. The summed E-state index contributed by atoms with van der Waals surface area (Å²) in [6.07, 6.45) is 13.0. The number of fused-ring (bicyclic) bond motifs is 2. The van der Waals surface area contributed by atoms with Gasteiger partial charge < -0.3 is 20.1 Å². The van der Waals surface area contributed by atoms with Gasteiger partial charge in [-0.1, -0.05) is 50.8 Å². The zero-order valence-corrected chi connectivity index (χ0v) is 23.9. The van der Waals surface area contributed by atoms with Crippen LogP contribution in [0.2, 0.25) is 5.02 Å². The summed E-state index contributed by atoms with van der Waals surface area (Å²) in [6, 6.07) is 2.07. The number of nitrogens with two attached hydrogens (primary N) is 1. The van der Waals surface area contributed by atoms with Gasteiger partial charge in [0.2, 0.25) is 11.8 Å². The summed E-state index contributed by atoms with van der Waals surface area (Å²) in [4.78, 5) is 32.4. The van der Waals surface area contributed by atoms with Crippen LogP contribution < -0.4 is 10.6 Å². The number of nitrogens with zero attached hydrogens (tertiary/aromatic N) is 6. The third kappa shape index (κ3) is 5.28. The second-order valence-corrected chi connectivity index (χ2v) is 11.8. The van der Waals surface area contributed by atoms with Crippen molar-refractivity contribution < 1.29 is 14.3 Å². The van der Waals surface area contributed by atoms with Crippen molar-refractivity contribution in [2.24, 2.45) is 17.6 Å². The summed E-state index contributed by atoms with van der Waals surface area (Å²) in [6.45, 7) is 7.14. The topological polar surface area (TPSA) is 145 Å². The Hall–Kier alpha value is -3.57. The summed E-state index contributed by atoms with van der Waals surface area (Å²) in [5.41, 5.74) is 7.16. The molecule has 3 fully saturated rings. The quantitative estimate of drug-likeness (QED) is 0.302. The van der Waals surface area contributed by atoms with E-state index >= 15 is 0 Å². The lowest BCUT2D eigenvalue weighted by Crippen LogP contribution is -2.61. The lowest BCUT2D eigenvalue weighted by Gasteiger charge is -2.51.